The number of hydrogen-bond acceptors (Lipinski definition) is 5. The molecule has 0 bridgehead atoms. The number of aromatic amines is 1. The van der Waals surface area contributed by atoms with Crippen molar-refractivity contribution in [1.82, 2.24) is 9.97 Å². The molecule has 3 N–H and O–H groups in total. The zero-order valence-corrected chi connectivity index (χ0v) is 10.2. The lowest BCUT2D eigenvalue weighted by molar-refractivity contribution is 0.170. The van der Waals surface area contributed by atoms with Crippen LogP contribution in [-0.2, 0) is 11.2 Å². The predicted molar refractivity (Wildman–Crippen MR) is 65.2 cm³/mol. The molecular formula is C11H19N3O3. The van der Waals surface area contributed by atoms with Crippen LogP contribution in [0.2, 0.25) is 0 Å². The molecule has 1 atom stereocenters. The molecule has 0 amide bonds. The van der Waals surface area contributed by atoms with Crippen molar-refractivity contribution in [3.8, 4) is 0 Å². The summed E-state index contributed by atoms with van der Waals surface area (Å²) in [5.41, 5.74) is -0.181. The van der Waals surface area contributed by atoms with Crippen molar-refractivity contribution in [2.75, 3.05) is 25.6 Å². The normalized spacial score (nSPS) is 12.4. The van der Waals surface area contributed by atoms with Crippen LogP contribution < -0.4 is 10.9 Å². The predicted octanol–water partition coefficient (Wildman–Crippen LogP) is 0.142. The van der Waals surface area contributed by atoms with Crippen LogP contribution in [-0.4, -0.2) is 41.4 Å². The maximum absolute atomic E-state index is 11.4. The van der Waals surface area contributed by atoms with E-state index in [0.717, 1.165) is 0 Å². The third kappa shape index (κ3) is 4.54. The molecule has 1 aromatic rings. The number of aryl methyl sites for hydroxylation is 1. The Hall–Kier alpha value is -1.40. The van der Waals surface area contributed by atoms with Gasteiger partial charge >= 0.3 is 0 Å². The van der Waals surface area contributed by atoms with Gasteiger partial charge in [-0.3, -0.25) is 4.79 Å². The molecule has 0 aliphatic rings. The fourth-order valence-corrected chi connectivity index (χ4v) is 1.51. The number of aliphatic hydroxyl groups is 1. The number of anilines is 1. The van der Waals surface area contributed by atoms with E-state index in [1.807, 2.05) is 6.92 Å². The van der Waals surface area contributed by atoms with Crippen molar-refractivity contribution in [2.24, 2.45) is 0 Å². The molecule has 0 fully saturated rings. The lowest BCUT2D eigenvalue weighted by Crippen LogP contribution is -2.27. The molecule has 0 aliphatic heterocycles. The average molecular weight is 241 g/mol. The molecule has 0 aliphatic carbocycles. The highest BCUT2D eigenvalue weighted by atomic mass is 16.5. The fourth-order valence-electron chi connectivity index (χ4n) is 1.51. The summed E-state index contributed by atoms with van der Waals surface area (Å²) >= 11 is 0. The van der Waals surface area contributed by atoms with Gasteiger partial charge in [-0.2, -0.15) is 0 Å². The summed E-state index contributed by atoms with van der Waals surface area (Å²) in [5.74, 6) is 1.15. The molecule has 17 heavy (non-hydrogen) atoms. The van der Waals surface area contributed by atoms with E-state index in [1.165, 1.54) is 6.07 Å². The Balaban J connectivity index is 2.77. The quantitative estimate of drug-likeness (QED) is 0.632. The van der Waals surface area contributed by atoms with E-state index in [0.29, 0.717) is 31.1 Å². The summed E-state index contributed by atoms with van der Waals surface area (Å²) in [7, 11) is 1.59. The first-order chi connectivity index (χ1) is 8.19. The molecule has 1 unspecified atom stereocenters. The number of H-pyrrole nitrogens is 1. The Morgan fingerprint density at radius 3 is 3.00 bits per heavy atom. The van der Waals surface area contributed by atoms with Crippen molar-refractivity contribution in [2.45, 2.75) is 25.8 Å². The number of hydrogen-bond donors (Lipinski definition) is 3. The van der Waals surface area contributed by atoms with Crippen molar-refractivity contribution in [3.63, 3.8) is 0 Å². The molecule has 6 nitrogen and oxygen atoms in total. The third-order valence-corrected chi connectivity index (χ3v) is 2.32. The number of ether oxygens (including phenoxy) is 1. The van der Waals surface area contributed by atoms with Crippen LogP contribution >= 0.6 is 0 Å². The summed E-state index contributed by atoms with van der Waals surface area (Å²) in [6.45, 7) is 2.43. The topological polar surface area (TPSA) is 87.2 Å². The van der Waals surface area contributed by atoms with Gasteiger partial charge in [-0.1, -0.05) is 6.92 Å². The number of aliphatic hydroxyl groups excluding tert-OH is 1. The highest BCUT2D eigenvalue weighted by molar-refractivity contribution is 5.34. The van der Waals surface area contributed by atoms with Gasteiger partial charge in [-0.25, -0.2) is 4.98 Å². The standard InChI is InChI=1S/C11H19N3O3/c1-3-9-13-10(6-11(16)14-9)12-8(4-5-15)7-17-2/h6,8,15H,3-5,7H2,1-2H3,(H2,12,13,14,16). The molecule has 0 saturated carbocycles. The zero-order chi connectivity index (χ0) is 12.7. The Labute approximate surface area is 100 Å². The van der Waals surface area contributed by atoms with Crippen LogP contribution in [0.5, 0.6) is 0 Å². The number of nitrogens with zero attached hydrogens (tertiary/aromatic N) is 1. The second kappa shape index (κ2) is 7.03. The minimum Gasteiger partial charge on any atom is -0.396 e. The van der Waals surface area contributed by atoms with E-state index >= 15 is 0 Å². The minimum atomic E-state index is -0.181. The Morgan fingerprint density at radius 2 is 2.41 bits per heavy atom. The monoisotopic (exact) mass is 241 g/mol. The van der Waals surface area contributed by atoms with E-state index < -0.39 is 0 Å². The van der Waals surface area contributed by atoms with Crippen LogP contribution in [0.4, 0.5) is 5.82 Å². The van der Waals surface area contributed by atoms with Crippen LogP contribution in [0.3, 0.4) is 0 Å². The van der Waals surface area contributed by atoms with Crippen molar-refractivity contribution in [3.05, 3.63) is 22.2 Å². The number of methoxy groups -OCH3 is 1. The maximum atomic E-state index is 11.4. The largest absolute Gasteiger partial charge is 0.396 e. The fraction of sp³-hybridized carbons (Fsp3) is 0.636. The third-order valence-electron chi connectivity index (χ3n) is 2.32. The van der Waals surface area contributed by atoms with Gasteiger partial charge in [0, 0.05) is 26.2 Å². The molecule has 1 aromatic heterocycles. The highest BCUT2D eigenvalue weighted by Gasteiger charge is 2.09. The van der Waals surface area contributed by atoms with Crippen molar-refractivity contribution in [1.29, 1.82) is 0 Å². The van der Waals surface area contributed by atoms with E-state index in [1.54, 1.807) is 7.11 Å². The molecular weight excluding hydrogens is 222 g/mol. The summed E-state index contributed by atoms with van der Waals surface area (Å²) in [5, 5.41) is 12.0. The molecule has 0 saturated heterocycles. The van der Waals surface area contributed by atoms with E-state index in [-0.39, 0.29) is 18.2 Å². The first-order valence-electron chi connectivity index (χ1n) is 5.66. The van der Waals surface area contributed by atoms with Gasteiger partial charge in [0.1, 0.15) is 11.6 Å². The van der Waals surface area contributed by atoms with Gasteiger partial charge in [-0.05, 0) is 6.42 Å². The second-order valence-electron chi connectivity index (χ2n) is 3.74. The molecule has 1 rings (SSSR count). The number of nitrogens with one attached hydrogen (secondary N) is 2. The van der Waals surface area contributed by atoms with Gasteiger partial charge in [0.2, 0.25) is 0 Å². The van der Waals surface area contributed by atoms with Crippen molar-refractivity contribution >= 4 is 5.82 Å². The lowest BCUT2D eigenvalue weighted by Gasteiger charge is -2.17. The minimum absolute atomic E-state index is 0.0518. The van der Waals surface area contributed by atoms with Gasteiger partial charge < -0.3 is 20.1 Å². The van der Waals surface area contributed by atoms with E-state index in [4.69, 9.17) is 9.84 Å². The first-order valence-corrected chi connectivity index (χ1v) is 5.66. The Kier molecular flexibility index (Phi) is 5.65. The second-order valence-corrected chi connectivity index (χ2v) is 3.74. The summed E-state index contributed by atoms with van der Waals surface area (Å²) in [4.78, 5) is 18.3. The summed E-state index contributed by atoms with van der Waals surface area (Å²) in [6.07, 6.45) is 1.21. The maximum Gasteiger partial charge on any atom is 0.252 e. The van der Waals surface area contributed by atoms with Gasteiger partial charge in [0.15, 0.2) is 0 Å². The van der Waals surface area contributed by atoms with Gasteiger partial charge in [0.25, 0.3) is 5.56 Å². The molecule has 96 valence electrons. The first kappa shape index (κ1) is 13.7. The summed E-state index contributed by atoms with van der Waals surface area (Å²) in [6, 6.07) is 1.35. The Bertz CT molecular complexity index is 386. The van der Waals surface area contributed by atoms with E-state index in [9.17, 15) is 4.79 Å². The van der Waals surface area contributed by atoms with Crippen molar-refractivity contribution < 1.29 is 9.84 Å². The number of rotatable bonds is 7. The molecule has 0 radical (unpaired) electrons. The average Bonchev–Trinajstić information content (AvgIpc) is 2.29. The smallest absolute Gasteiger partial charge is 0.252 e. The molecule has 6 heteroatoms. The van der Waals surface area contributed by atoms with Crippen LogP contribution in [0.25, 0.3) is 0 Å². The lowest BCUT2D eigenvalue weighted by atomic mass is 10.2. The van der Waals surface area contributed by atoms with Crippen LogP contribution in [0, 0.1) is 0 Å². The Morgan fingerprint density at radius 1 is 1.65 bits per heavy atom. The van der Waals surface area contributed by atoms with E-state index in [2.05, 4.69) is 15.3 Å². The van der Waals surface area contributed by atoms with Gasteiger partial charge in [0.05, 0.1) is 12.6 Å². The van der Waals surface area contributed by atoms with Gasteiger partial charge in [-0.15, -0.1) is 0 Å². The zero-order valence-electron chi connectivity index (χ0n) is 10.2. The number of aromatic nitrogens is 2. The molecule has 0 spiro atoms. The SMILES string of the molecule is CCc1nc(NC(CCO)COC)cc(=O)[nH]1. The van der Waals surface area contributed by atoms with Crippen LogP contribution in [0.15, 0.2) is 10.9 Å². The molecule has 1 heterocycles. The van der Waals surface area contributed by atoms with Crippen LogP contribution in [0.1, 0.15) is 19.2 Å². The summed E-state index contributed by atoms with van der Waals surface area (Å²) < 4.78 is 5.03. The molecule has 0 aromatic carbocycles. The highest BCUT2D eigenvalue weighted by Crippen LogP contribution is 2.05.